The minimum atomic E-state index is -0.467. The Bertz CT molecular complexity index is 920. The molecule has 7 heteroatoms. The molecular weight excluding hydrogens is 366 g/mol. The van der Waals surface area contributed by atoms with Crippen molar-refractivity contribution >= 4 is 35.0 Å². The summed E-state index contributed by atoms with van der Waals surface area (Å²) in [5.41, 5.74) is 1.84. The van der Waals surface area contributed by atoms with E-state index in [1.807, 2.05) is 12.1 Å². The molecule has 3 rings (SSSR count). The van der Waals surface area contributed by atoms with Gasteiger partial charge in [0.2, 0.25) is 0 Å². The van der Waals surface area contributed by atoms with Gasteiger partial charge in [0.25, 0.3) is 11.1 Å². The molecule has 138 valence electrons. The van der Waals surface area contributed by atoms with E-state index in [2.05, 4.69) is 0 Å². The minimum Gasteiger partial charge on any atom is -0.497 e. The monoisotopic (exact) mass is 383 g/mol. The first-order chi connectivity index (χ1) is 13.0. The average Bonchev–Trinajstić information content (AvgIpc) is 2.95. The molecule has 1 aliphatic heterocycles. The van der Waals surface area contributed by atoms with Crippen LogP contribution in [0.25, 0.3) is 6.08 Å². The molecular formula is C20H17NO5S. The third kappa shape index (κ3) is 4.20. The Kier molecular flexibility index (Phi) is 5.61. The molecule has 2 aromatic rings. The predicted octanol–water partition coefficient (Wildman–Crippen LogP) is 3.72. The maximum absolute atomic E-state index is 12.6. The molecule has 0 aromatic heterocycles. The molecule has 6 nitrogen and oxygen atoms in total. The van der Waals surface area contributed by atoms with Crippen LogP contribution in [0.4, 0.5) is 4.79 Å². The highest BCUT2D eigenvalue weighted by atomic mass is 32.2. The highest BCUT2D eigenvalue weighted by Gasteiger charge is 2.35. The van der Waals surface area contributed by atoms with E-state index >= 15 is 0 Å². The van der Waals surface area contributed by atoms with Crippen LogP contribution in [0.1, 0.15) is 21.5 Å². The first kappa shape index (κ1) is 18.7. The van der Waals surface area contributed by atoms with Gasteiger partial charge in [0.05, 0.1) is 31.2 Å². The van der Waals surface area contributed by atoms with Gasteiger partial charge in [-0.2, -0.15) is 0 Å². The largest absolute Gasteiger partial charge is 0.497 e. The molecule has 1 saturated heterocycles. The topological polar surface area (TPSA) is 72.9 Å². The number of nitrogens with zero attached hydrogens (tertiary/aromatic N) is 1. The van der Waals surface area contributed by atoms with Crippen molar-refractivity contribution in [3.8, 4) is 5.75 Å². The number of methoxy groups -OCH3 is 2. The van der Waals surface area contributed by atoms with Crippen LogP contribution in [-0.4, -0.2) is 36.2 Å². The molecule has 0 saturated carbocycles. The average molecular weight is 383 g/mol. The van der Waals surface area contributed by atoms with Gasteiger partial charge in [-0.15, -0.1) is 0 Å². The van der Waals surface area contributed by atoms with Gasteiger partial charge in [-0.1, -0.05) is 24.3 Å². The molecule has 1 fully saturated rings. The number of hydrogen-bond acceptors (Lipinski definition) is 6. The molecule has 1 heterocycles. The number of carbonyl (C=O) groups excluding carboxylic acids is 3. The van der Waals surface area contributed by atoms with Gasteiger partial charge >= 0.3 is 5.97 Å². The van der Waals surface area contributed by atoms with E-state index in [1.54, 1.807) is 49.6 Å². The summed E-state index contributed by atoms with van der Waals surface area (Å²) in [4.78, 5) is 38.1. The number of thioether (sulfide) groups is 1. The molecule has 0 N–H and O–H groups in total. The minimum absolute atomic E-state index is 0.0927. The van der Waals surface area contributed by atoms with Gasteiger partial charge in [0, 0.05) is 0 Å². The lowest BCUT2D eigenvalue weighted by Gasteiger charge is -2.13. The summed E-state index contributed by atoms with van der Waals surface area (Å²) < 4.78 is 9.80. The van der Waals surface area contributed by atoms with E-state index in [0.717, 1.165) is 22.2 Å². The van der Waals surface area contributed by atoms with Gasteiger partial charge in [-0.05, 0) is 53.2 Å². The van der Waals surface area contributed by atoms with Crippen molar-refractivity contribution in [2.75, 3.05) is 14.2 Å². The van der Waals surface area contributed by atoms with E-state index in [-0.39, 0.29) is 17.7 Å². The predicted molar refractivity (Wildman–Crippen MR) is 102 cm³/mol. The zero-order chi connectivity index (χ0) is 19.4. The van der Waals surface area contributed by atoms with Gasteiger partial charge in [0.1, 0.15) is 5.75 Å². The third-order valence-corrected chi connectivity index (χ3v) is 4.88. The lowest BCUT2D eigenvalue weighted by molar-refractivity contribution is -0.123. The van der Waals surface area contributed by atoms with Crippen LogP contribution < -0.4 is 4.74 Å². The number of hydrogen-bond donors (Lipinski definition) is 0. The Balaban J connectivity index is 1.78. The fourth-order valence-electron chi connectivity index (χ4n) is 2.58. The fourth-order valence-corrected chi connectivity index (χ4v) is 3.42. The number of carbonyl (C=O) groups is 3. The highest BCUT2D eigenvalue weighted by Crippen LogP contribution is 2.33. The number of ether oxygens (including phenoxy) is 2. The quantitative estimate of drug-likeness (QED) is 0.579. The smallest absolute Gasteiger partial charge is 0.337 e. The van der Waals surface area contributed by atoms with Crippen molar-refractivity contribution in [3.63, 3.8) is 0 Å². The standard InChI is InChI=1S/C20H17NO5S/c1-25-16-8-6-13(7-9-16)11-17-18(22)21(20(24)27-17)12-14-4-3-5-15(10-14)19(23)26-2/h3-11H,12H2,1-2H3. The highest BCUT2D eigenvalue weighted by molar-refractivity contribution is 8.18. The van der Waals surface area contributed by atoms with E-state index < -0.39 is 5.97 Å². The van der Waals surface area contributed by atoms with Crippen LogP contribution in [-0.2, 0) is 16.1 Å². The normalized spacial score (nSPS) is 15.3. The van der Waals surface area contributed by atoms with Crippen molar-refractivity contribution in [3.05, 3.63) is 70.1 Å². The Morgan fingerprint density at radius 3 is 2.52 bits per heavy atom. The molecule has 0 aliphatic carbocycles. The fraction of sp³-hybridized carbons (Fsp3) is 0.150. The van der Waals surface area contributed by atoms with Crippen molar-refractivity contribution < 1.29 is 23.9 Å². The van der Waals surface area contributed by atoms with Crippen LogP contribution in [0.15, 0.2) is 53.4 Å². The van der Waals surface area contributed by atoms with Gasteiger partial charge in [-0.3, -0.25) is 14.5 Å². The molecule has 0 bridgehead atoms. The maximum atomic E-state index is 12.6. The summed E-state index contributed by atoms with van der Waals surface area (Å²) in [7, 11) is 2.88. The van der Waals surface area contributed by atoms with Crippen molar-refractivity contribution in [2.24, 2.45) is 0 Å². The summed E-state index contributed by atoms with van der Waals surface area (Å²) in [6, 6.07) is 13.9. The van der Waals surface area contributed by atoms with Crippen molar-refractivity contribution in [1.82, 2.24) is 4.90 Å². The zero-order valence-corrected chi connectivity index (χ0v) is 15.6. The summed E-state index contributed by atoms with van der Waals surface area (Å²) in [6.45, 7) is 0.0927. The van der Waals surface area contributed by atoms with Crippen LogP contribution in [0.5, 0.6) is 5.75 Å². The molecule has 1 aliphatic rings. The molecule has 0 unspecified atom stereocenters. The lowest BCUT2D eigenvalue weighted by Crippen LogP contribution is -2.27. The van der Waals surface area contributed by atoms with Crippen LogP contribution in [0.3, 0.4) is 0 Å². The van der Waals surface area contributed by atoms with Crippen LogP contribution in [0, 0.1) is 0 Å². The van der Waals surface area contributed by atoms with E-state index in [0.29, 0.717) is 21.8 Å². The second-order valence-corrected chi connectivity index (χ2v) is 6.73. The number of imide groups is 1. The van der Waals surface area contributed by atoms with Gasteiger partial charge < -0.3 is 9.47 Å². The van der Waals surface area contributed by atoms with Crippen molar-refractivity contribution in [1.29, 1.82) is 0 Å². The summed E-state index contributed by atoms with van der Waals surface area (Å²) >= 11 is 0.896. The van der Waals surface area contributed by atoms with E-state index in [4.69, 9.17) is 9.47 Å². The van der Waals surface area contributed by atoms with Crippen molar-refractivity contribution in [2.45, 2.75) is 6.54 Å². The summed E-state index contributed by atoms with van der Waals surface area (Å²) in [5, 5.41) is -0.344. The number of benzene rings is 2. The van der Waals surface area contributed by atoms with Crippen LogP contribution in [0.2, 0.25) is 0 Å². The second-order valence-electron chi connectivity index (χ2n) is 5.73. The molecule has 27 heavy (non-hydrogen) atoms. The Hall–Kier alpha value is -3.06. The molecule has 0 spiro atoms. The Labute approximate surface area is 160 Å². The first-order valence-corrected chi connectivity index (χ1v) is 8.90. The lowest BCUT2D eigenvalue weighted by atomic mass is 10.1. The Morgan fingerprint density at radius 1 is 1.11 bits per heavy atom. The molecule has 0 radical (unpaired) electrons. The summed E-state index contributed by atoms with van der Waals surface area (Å²) in [5.74, 6) is -0.111. The third-order valence-electron chi connectivity index (χ3n) is 3.98. The first-order valence-electron chi connectivity index (χ1n) is 8.08. The van der Waals surface area contributed by atoms with E-state index in [9.17, 15) is 14.4 Å². The van der Waals surface area contributed by atoms with Gasteiger partial charge in [0.15, 0.2) is 0 Å². The zero-order valence-electron chi connectivity index (χ0n) is 14.8. The molecule has 2 aromatic carbocycles. The van der Waals surface area contributed by atoms with Gasteiger partial charge in [-0.25, -0.2) is 4.79 Å². The molecule has 2 amide bonds. The number of esters is 1. The maximum Gasteiger partial charge on any atom is 0.337 e. The molecule has 0 atom stereocenters. The summed E-state index contributed by atoms with van der Waals surface area (Å²) in [6.07, 6.45) is 1.68. The van der Waals surface area contributed by atoms with Crippen LogP contribution >= 0.6 is 11.8 Å². The number of amides is 2. The number of rotatable bonds is 5. The van der Waals surface area contributed by atoms with E-state index in [1.165, 1.54) is 7.11 Å². The Morgan fingerprint density at radius 2 is 1.85 bits per heavy atom. The second kappa shape index (κ2) is 8.09. The SMILES string of the molecule is COC(=O)c1cccc(CN2C(=O)SC(=Cc3ccc(OC)cc3)C2=O)c1.